The number of nitrogens with one attached hydrogen (secondary N) is 1. The lowest BCUT2D eigenvalue weighted by atomic mass is 10.0. The Bertz CT molecular complexity index is 1090. The topological polar surface area (TPSA) is 47.1 Å². The second-order valence-corrected chi connectivity index (χ2v) is 7.38. The van der Waals surface area contributed by atoms with Crippen LogP contribution in [0.2, 0.25) is 0 Å². The molecule has 0 fully saturated rings. The van der Waals surface area contributed by atoms with E-state index in [1.165, 1.54) is 16.3 Å². The van der Waals surface area contributed by atoms with Gasteiger partial charge in [-0.25, -0.2) is 0 Å². The number of aromatic amines is 1. The molecule has 0 aliphatic carbocycles. The fraction of sp³-hybridized carbons (Fsp3) is 0.174. The van der Waals surface area contributed by atoms with Crippen molar-refractivity contribution in [3.8, 4) is 22.9 Å². The van der Waals surface area contributed by atoms with E-state index < -0.39 is 0 Å². The zero-order chi connectivity index (χ0) is 19.3. The van der Waals surface area contributed by atoms with E-state index in [1.807, 2.05) is 37.3 Å². The first-order chi connectivity index (χ1) is 13.7. The molecule has 5 heteroatoms. The molecule has 1 heterocycles. The third kappa shape index (κ3) is 4.20. The number of H-pyrrole nitrogens is 1. The number of benzene rings is 3. The molecular formula is C23H21BrN2O2. The Kier molecular flexibility index (Phi) is 5.63. The summed E-state index contributed by atoms with van der Waals surface area (Å²) in [6, 6.07) is 22.7. The number of aromatic nitrogens is 2. The smallest absolute Gasteiger partial charge is 0.233 e. The Morgan fingerprint density at radius 2 is 1.75 bits per heavy atom. The summed E-state index contributed by atoms with van der Waals surface area (Å²) in [5.74, 6) is 1.50. The number of fused-ring (bicyclic) bond motifs is 1. The van der Waals surface area contributed by atoms with Gasteiger partial charge >= 0.3 is 0 Å². The van der Waals surface area contributed by atoms with Crippen molar-refractivity contribution in [2.24, 2.45) is 0 Å². The quantitative estimate of drug-likeness (QED) is 0.385. The molecule has 1 N–H and O–H groups in total. The highest BCUT2D eigenvalue weighted by Crippen LogP contribution is 2.26. The van der Waals surface area contributed by atoms with E-state index >= 15 is 0 Å². The minimum Gasteiger partial charge on any atom is -0.493 e. The molecule has 0 saturated heterocycles. The normalized spacial score (nSPS) is 10.9. The van der Waals surface area contributed by atoms with Crippen molar-refractivity contribution in [1.82, 2.24) is 10.2 Å². The summed E-state index contributed by atoms with van der Waals surface area (Å²) in [6.45, 7) is 3.15. The van der Waals surface area contributed by atoms with E-state index in [2.05, 4.69) is 62.5 Å². The van der Waals surface area contributed by atoms with Gasteiger partial charge in [0.1, 0.15) is 5.75 Å². The molecule has 0 amide bonds. The summed E-state index contributed by atoms with van der Waals surface area (Å²) in [5.41, 5.74) is 3.28. The van der Waals surface area contributed by atoms with Crippen LogP contribution in [-0.4, -0.2) is 23.4 Å². The highest BCUT2D eigenvalue weighted by Gasteiger charge is 2.09. The van der Waals surface area contributed by atoms with E-state index in [-0.39, 0.29) is 0 Å². The average Bonchev–Trinajstić information content (AvgIpc) is 3.17. The monoisotopic (exact) mass is 436 g/mol. The van der Waals surface area contributed by atoms with E-state index in [4.69, 9.17) is 9.47 Å². The maximum atomic E-state index is 6.02. The summed E-state index contributed by atoms with van der Waals surface area (Å²) < 4.78 is 12.6. The summed E-state index contributed by atoms with van der Waals surface area (Å²) in [7, 11) is 0. The summed E-state index contributed by atoms with van der Waals surface area (Å²) >= 11 is 3.51. The van der Waals surface area contributed by atoms with Crippen LogP contribution in [0.4, 0.5) is 0 Å². The van der Waals surface area contributed by atoms with Crippen molar-refractivity contribution in [2.45, 2.75) is 13.3 Å². The first kappa shape index (κ1) is 18.6. The summed E-state index contributed by atoms with van der Waals surface area (Å²) in [4.78, 5) is 0. The van der Waals surface area contributed by atoms with Gasteiger partial charge in [-0.05, 0) is 47.5 Å². The molecule has 0 saturated carbocycles. The number of ether oxygens (including phenoxy) is 2. The molecule has 142 valence electrons. The van der Waals surface area contributed by atoms with Crippen LogP contribution in [0, 0.1) is 0 Å². The Labute approximate surface area is 172 Å². The predicted molar refractivity (Wildman–Crippen MR) is 116 cm³/mol. The standard InChI is InChI=1S/C23H21BrN2O2/c1-2-27-23-15-22(25-26-23)21-6-4-3-5-16(21)11-12-28-20-10-8-17-13-19(24)9-7-18(17)14-20/h3-10,13-15H,2,11-12H2,1H3,(H,25,26). The van der Waals surface area contributed by atoms with Gasteiger partial charge in [-0.15, -0.1) is 5.10 Å². The van der Waals surface area contributed by atoms with E-state index in [1.54, 1.807) is 0 Å². The third-order valence-electron chi connectivity index (χ3n) is 4.57. The van der Waals surface area contributed by atoms with Crippen molar-refractivity contribution < 1.29 is 9.47 Å². The van der Waals surface area contributed by atoms with Crippen molar-refractivity contribution in [2.75, 3.05) is 13.2 Å². The molecule has 4 aromatic rings. The summed E-state index contributed by atoms with van der Waals surface area (Å²) in [6.07, 6.45) is 0.803. The maximum Gasteiger partial charge on any atom is 0.233 e. The number of hydrogen-bond donors (Lipinski definition) is 1. The second-order valence-electron chi connectivity index (χ2n) is 6.46. The van der Waals surface area contributed by atoms with Crippen molar-refractivity contribution in [3.05, 3.63) is 76.8 Å². The van der Waals surface area contributed by atoms with Gasteiger partial charge in [-0.2, -0.15) is 0 Å². The second kappa shape index (κ2) is 8.48. The van der Waals surface area contributed by atoms with E-state index in [9.17, 15) is 0 Å². The van der Waals surface area contributed by atoms with E-state index in [0.29, 0.717) is 19.1 Å². The van der Waals surface area contributed by atoms with Gasteiger partial charge in [-0.1, -0.05) is 52.3 Å². The Morgan fingerprint density at radius 3 is 2.64 bits per heavy atom. The molecule has 0 radical (unpaired) electrons. The molecule has 28 heavy (non-hydrogen) atoms. The predicted octanol–water partition coefficient (Wildman–Crippen LogP) is 6.01. The van der Waals surface area contributed by atoms with E-state index in [0.717, 1.165) is 27.9 Å². The molecule has 3 aromatic carbocycles. The highest BCUT2D eigenvalue weighted by molar-refractivity contribution is 9.10. The van der Waals surface area contributed by atoms with Crippen LogP contribution in [0.1, 0.15) is 12.5 Å². The van der Waals surface area contributed by atoms with Crippen molar-refractivity contribution >= 4 is 26.7 Å². The molecule has 1 aromatic heterocycles. The van der Waals surface area contributed by atoms with Gasteiger partial charge in [0.15, 0.2) is 0 Å². The molecule has 0 aliphatic rings. The highest BCUT2D eigenvalue weighted by atomic mass is 79.9. The van der Waals surface area contributed by atoms with Crippen LogP contribution in [0.5, 0.6) is 11.6 Å². The lowest BCUT2D eigenvalue weighted by molar-refractivity contribution is 0.322. The Hall–Kier alpha value is -2.79. The SMILES string of the molecule is CCOc1cc(-c2ccccc2CCOc2ccc3cc(Br)ccc3c2)[nH]n1. The molecule has 4 rings (SSSR count). The van der Waals surface area contributed by atoms with Crippen LogP contribution >= 0.6 is 15.9 Å². The summed E-state index contributed by atoms with van der Waals surface area (Å²) in [5, 5.41) is 9.62. The number of halogens is 1. The zero-order valence-electron chi connectivity index (χ0n) is 15.6. The molecule has 0 atom stereocenters. The van der Waals surface area contributed by atoms with Crippen LogP contribution in [0.25, 0.3) is 22.0 Å². The fourth-order valence-electron chi connectivity index (χ4n) is 3.23. The van der Waals surface area contributed by atoms with Gasteiger partial charge < -0.3 is 9.47 Å². The first-order valence-electron chi connectivity index (χ1n) is 9.31. The molecule has 0 unspecified atom stereocenters. The average molecular weight is 437 g/mol. The molecule has 0 aliphatic heterocycles. The minimum absolute atomic E-state index is 0.600. The third-order valence-corrected chi connectivity index (χ3v) is 5.06. The molecular weight excluding hydrogens is 416 g/mol. The van der Waals surface area contributed by atoms with Crippen LogP contribution in [0.15, 0.2) is 71.2 Å². The van der Waals surface area contributed by atoms with Crippen molar-refractivity contribution in [3.63, 3.8) is 0 Å². The molecule has 0 spiro atoms. The Balaban J connectivity index is 1.46. The van der Waals surface area contributed by atoms with Crippen LogP contribution in [0.3, 0.4) is 0 Å². The molecule has 0 bridgehead atoms. The zero-order valence-corrected chi connectivity index (χ0v) is 17.2. The Morgan fingerprint density at radius 1 is 0.929 bits per heavy atom. The van der Waals surface area contributed by atoms with Crippen LogP contribution in [-0.2, 0) is 6.42 Å². The minimum atomic E-state index is 0.600. The maximum absolute atomic E-state index is 6.02. The molecule has 4 nitrogen and oxygen atoms in total. The van der Waals surface area contributed by atoms with Crippen molar-refractivity contribution in [1.29, 1.82) is 0 Å². The van der Waals surface area contributed by atoms with Gasteiger partial charge in [0.05, 0.1) is 18.9 Å². The number of rotatable bonds is 7. The largest absolute Gasteiger partial charge is 0.493 e. The van der Waals surface area contributed by atoms with Gasteiger partial charge in [-0.3, -0.25) is 5.10 Å². The number of hydrogen-bond acceptors (Lipinski definition) is 3. The van der Waals surface area contributed by atoms with Gasteiger partial charge in [0.25, 0.3) is 0 Å². The first-order valence-corrected chi connectivity index (χ1v) is 10.1. The number of nitrogens with zero attached hydrogens (tertiary/aromatic N) is 1. The van der Waals surface area contributed by atoms with Crippen LogP contribution < -0.4 is 9.47 Å². The van der Waals surface area contributed by atoms with Gasteiger partial charge in [0.2, 0.25) is 5.88 Å². The lowest BCUT2D eigenvalue weighted by Gasteiger charge is -2.10. The van der Waals surface area contributed by atoms with Gasteiger partial charge in [0, 0.05) is 22.5 Å². The fourth-order valence-corrected chi connectivity index (χ4v) is 3.61. The lowest BCUT2D eigenvalue weighted by Crippen LogP contribution is -2.02.